The summed E-state index contributed by atoms with van der Waals surface area (Å²) in [5, 5.41) is 10.8. The number of halogens is 3. The quantitative estimate of drug-likeness (QED) is 0.148. The second-order valence-corrected chi connectivity index (χ2v) is 11.0. The monoisotopic (exact) mass is 562 g/mol. The molecule has 1 N–H and O–H groups in total. The lowest BCUT2D eigenvalue weighted by molar-refractivity contribution is -0.157. The first-order valence-electron chi connectivity index (χ1n) is 14.2. The molecule has 0 aliphatic heterocycles. The third kappa shape index (κ3) is 8.75. The first-order chi connectivity index (χ1) is 18.9. The average Bonchev–Trinajstić information content (AvgIpc) is 3.34. The molecule has 0 saturated carbocycles. The van der Waals surface area contributed by atoms with E-state index in [-0.39, 0.29) is 23.9 Å². The molecule has 0 bridgehead atoms. The van der Waals surface area contributed by atoms with Crippen LogP contribution < -0.4 is 4.74 Å². The van der Waals surface area contributed by atoms with Gasteiger partial charge in [-0.3, -0.25) is 4.79 Å². The average molecular weight is 563 g/mol. The Morgan fingerprint density at radius 2 is 1.77 bits per heavy atom. The number of furan rings is 1. The molecule has 3 aromatic rings. The minimum absolute atomic E-state index is 0.0212. The van der Waals surface area contributed by atoms with Crippen molar-refractivity contribution >= 4 is 16.9 Å². The highest BCUT2D eigenvalue weighted by Gasteiger charge is 2.35. The Balaban J connectivity index is 1.56. The maximum absolute atomic E-state index is 13.9. The van der Waals surface area contributed by atoms with Crippen LogP contribution in [0.4, 0.5) is 13.2 Å². The summed E-state index contributed by atoms with van der Waals surface area (Å²) in [6.07, 6.45) is 0.711. The van der Waals surface area contributed by atoms with Crippen LogP contribution in [0, 0.1) is 5.41 Å². The molecule has 0 amide bonds. The number of benzene rings is 2. The summed E-state index contributed by atoms with van der Waals surface area (Å²) < 4.78 is 58.6. The van der Waals surface area contributed by atoms with Crippen molar-refractivity contribution in [3.63, 3.8) is 0 Å². The number of carbonyl (C=O) groups excluding carboxylic acids is 1. The molecule has 0 aliphatic rings. The number of esters is 1. The van der Waals surface area contributed by atoms with E-state index in [1.807, 2.05) is 20.8 Å². The summed E-state index contributed by atoms with van der Waals surface area (Å²) in [6, 6.07) is 11.3. The van der Waals surface area contributed by atoms with Crippen LogP contribution in [0.1, 0.15) is 83.8 Å². The first-order valence-corrected chi connectivity index (χ1v) is 14.2. The molecule has 2 aromatic carbocycles. The molecular weight excluding hydrogens is 521 g/mol. The van der Waals surface area contributed by atoms with Crippen LogP contribution in [0.25, 0.3) is 22.3 Å². The van der Waals surface area contributed by atoms with Crippen LogP contribution in [-0.4, -0.2) is 30.4 Å². The second-order valence-electron chi connectivity index (χ2n) is 11.0. The van der Waals surface area contributed by atoms with E-state index in [9.17, 15) is 23.1 Å². The number of aliphatic hydroxyl groups is 1. The van der Waals surface area contributed by atoms with Gasteiger partial charge in [0.25, 0.3) is 0 Å². The lowest BCUT2D eigenvalue weighted by Crippen LogP contribution is -2.29. The van der Waals surface area contributed by atoms with Crippen LogP contribution in [0.2, 0.25) is 0 Å². The fourth-order valence-electron chi connectivity index (χ4n) is 4.28. The number of alkyl halides is 3. The van der Waals surface area contributed by atoms with Crippen molar-refractivity contribution in [2.45, 2.75) is 91.3 Å². The van der Waals surface area contributed by atoms with E-state index in [0.29, 0.717) is 61.0 Å². The molecule has 40 heavy (non-hydrogen) atoms. The molecule has 0 saturated heterocycles. The number of rotatable bonds is 15. The Labute approximate surface area is 234 Å². The fourth-order valence-corrected chi connectivity index (χ4v) is 4.28. The normalized spacial score (nSPS) is 13.0. The summed E-state index contributed by atoms with van der Waals surface area (Å²) >= 11 is 0. The maximum atomic E-state index is 13.9. The zero-order valence-electron chi connectivity index (χ0n) is 23.9. The van der Waals surface area contributed by atoms with E-state index in [0.717, 1.165) is 19.3 Å². The Hall–Kier alpha value is -3.00. The molecule has 1 unspecified atom stereocenters. The molecule has 0 radical (unpaired) electrons. The summed E-state index contributed by atoms with van der Waals surface area (Å²) in [5.74, 6) is 0.395. The third-order valence-corrected chi connectivity index (χ3v) is 7.26. The molecular formula is C32H41F3O5. The highest BCUT2D eigenvalue weighted by atomic mass is 19.4. The standard InChI is InChI=1S/C32H41F3O5/c1-5-7-8-11-22-13-16-26(27(18-22)32(33,34)35)29-19-23-14-15-25(20-28(23)40-29)38-17-10-9-12-24(36)21-39-30(37)31(3,4)6-2/h13-16,18-20,24,36H,5-12,17,21H2,1-4H3. The minimum atomic E-state index is -4.50. The van der Waals surface area contributed by atoms with E-state index in [1.165, 1.54) is 12.1 Å². The van der Waals surface area contributed by atoms with Crippen molar-refractivity contribution in [1.29, 1.82) is 0 Å². The SMILES string of the molecule is CCCCCc1ccc(-c2cc3ccc(OCCCCC(O)COC(=O)C(C)(C)CC)cc3o2)c(C(F)(F)F)c1. The first kappa shape index (κ1) is 31.5. The molecule has 1 atom stereocenters. The zero-order valence-corrected chi connectivity index (χ0v) is 23.9. The van der Waals surface area contributed by atoms with E-state index < -0.39 is 23.3 Å². The topological polar surface area (TPSA) is 68.9 Å². The van der Waals surface area contributed by atoms with Crippen LogP contribution in [0.3, 0.4) is 0 Å². The predicted molar refractivity (Wildman–Crippen MR) is 150 cm³/mol. The van der Waals surface area contributed by atoms with Gasteiger partial charge in [0.05, 0.1) is 23.7 Å². The molecule has 1 heterocycles. The van der Waals surface area contributed by atoms with Crippen molar-refractivity contribution in [2.75, 3.05) is 13.2 Å². The molecule has 0 spiro atoms. The van der Waals surface area contributed by atoms with Crippen LogP contribution in [0.15, 0.2) is 46.9 Å². The maximum Gasteiger partial charge on any atom is 0.417 e. The van der Waals surface area contributed by atoms with Crippen LogP contribution in [-0.2, 0) is 22.1 Å². The number of aliphatic hydroxyl groups excluding tert-OH is 1. The summed E-state index contributed by atoms with van der Waals surface area (Å²) in [5.41, 5.74) is -0.121. The number of unbranched alkanes of at least 4 members (excludes halogenated alkanes) is 3. The predicted octanol–water partition coefficient (Wildman–Crippen LogP) is 8.74. The highest BCUT2D eigenvalue weighted by molar-refractivity contribution is 5.84. The van der Waals surface area contributed by atoms with Gasteiger partial charge in [-0.2, -0.15) is 13.2 Å². The number of ether oxygens (including phenoxy) is 2. The molecule has 1 aromatic heterocycles. The number of hydrogen-bond donors (Lipinski definition) is 1. The van der Waals surface area contributed by atoms with Gasteiger partial charge in [-0.15, -0.1) is 0 Å². The highest BCUT2D eigenvalue weighted by Crippen LogP contribution is 2.40. The largest absolute Gasteiger partial charge is 0.493 e. The summed E-state index contributed by atoms with van der Waals surface area (Å²) in [4.78, 5) is 12.0. The van der Waals surface area contributed by atoms with Gasteiger partial charge < -0.3 is 19.0 Å². The van der Waals surface area contributed by atoms with E-state index in [2.05, 4.69) is 6.92 Å². The molecule has 3 rings (SSSR count). The Morgan fingerprint density at radius 3 is 2.48 bits per heavy atom. The van der Waals surface area contributed by atoms with Gasteiger partial charge in [-0.25, -0.2) is 0 Å². The number of aryl methyl sites for hydroxylation is 1. The van der Waals surface area contributed by atoms with Gasteiger partial charge in [-0.05, 0) is 82.2 Å². The molecule has 8 heteroatoms. The molecule has 0 aliphatic carbocycles. The summed E-state index contributed by atoms with van der Waals surface area (Å²) in [7, 11) is 0. The number of fused-ring (bicyclic) bond motifs is 1. The van der Waals surface area contributed by atoms with Crippen LogP contribution in [0.5, 0.6) is 5.75 Å². The minimum Gasteiger partial charge on any atom is -0.493 e. The number of hydrogen-bond acceptors (Lipinski definition) is 5. The molecule has 220 valence electrons. The Kier molecular flexibility index (Phi) is 11.1. The van der Waals surface area contributed by atoms with Gasteiger partial charge in [0.2, 0.25) is 0 Å². The Bertz CT molecular complexity index is 1250. The van der Waals surface area contributed by atoms with Crippen molar-refractivity contribution in [3.05, 3.63) is 53.6 Å². The van der Waals surface area contributed by atoms with Gasteiger partial charge in [-0.1, -0.05) is 38.8 Å². The van der Waals surface area contributed by atoms with Gasteiger partial charge in [0.1, 0.15) is 23.7 Å². The Morgan fingerprint density at radius 1 is 1.00 bits per heavy atom. The lowest BCUT2D eigenvalue weighted by Gasteiger charge is -2.21. The van der Waals surface area contributed by atoms with Gasteiger partial charge in [0, 0.05) is 17.0 Å². The van der Waals surface area contributed by atoms with Crippen LogP contribution >= 0.6 is 0 Å². The van der Waals surface area contributed by atoms with E-state index in [4.69, 9.17) is 13.9 Å². The third-order valence-electron chi connectivity index (χ3n) is 7.26. The van der Waals surface area contributed by atoms with Gasteiger partial charge >= 0.3 is 12.1 Å². The van der Waals surface area contributed by atoms with Crippen molar-refractivity contribution < 1.29 is 37.0 Å². The molecule has 0 fully saturated rings. The zero-order chi connectivity index (χ0) is 29.3. The van der Waals surface area contributed by atoms with E-state index >= 15 is 0 Å². The lowest BCUT2D eigenvalue weighted by atomic mass is 9.91. The smallest absolute Gasteiger partial charge is 0.417 e. The van der Waals surface area contributed by atoms with Crippen molar-refractivity contribution in [1.82, 2.24) is 0 Å². The fraction of sp³-hybridized carbons (Fsp3) is 0.531. The molecule has 5 nitrogen and oxygen atoms in total. The van der Waals surface area contributed by atoms with Crippen molar-refractivity contribution in [2.24, 2.45) is 5.41 Å². The van der Waals surface area contributed by atoms with E-state index in [1.54, 1.807) is 30.3 Å². The second kappa shape index (κ2) is 14.1. The number of carbonyl (C=O) groups is 1. The summed E-state index contributed by atoms with van der Waals surface area (Å²) in [6.45, 7) is 7.96. The van der Waals surface area contributed by atoms with Gasteiger partial charge in [0.15, 0.2) is 0 Å². The van der Waals surface area contributed by atoms with Crippen molar-refractivity contribution in [3.8, 4) is 17.1 Å².